The molecule has 0 heterocycles. The fourth-order valence-corrected chi connectivity index (χ4v) is 8.16. The van der Waals surface area contributed by atoms with Gasteiger partial charge < -0.3 is 51.1 Å². The van der Waals surface area contributed by atoms with Crippen molar-refractivity contribution in [2.24, 2.45) is 11.7 Å². The van der Waals surface area contributed by atoms with Crippen molar-refractivity contribution in [1.82, 2.24) is 5.32 Å². The number of nitrogens with two attached hydrogens (primary N) is 1. The zero-order valence-corrected chi connectivity index (χ0v) is 38.5. The molecule has 0 atom stereocenters. The highest BCUT2D eigenvalue weighted by molar-refractivity contribution is 6.08. The molecular weight excluding hydrogens is 871 g/mol. The highest BCUT2D eigenvalue weighted by atomic mass is 16.5. The first-order valence-corrected chi connectivity index (χ1v) is 23.2. The summed E-state index contributed by atoms with van der Waals surface area (Å²) in [5.74, 6) is 0.517. The quantitative estimate of drug-likeness (QED) is 0.0318. The van der Waals surface area contributed by atoms with Gasteiger partial charge in [0.15, 0.2) is 0 Å². The molecule has 354 valence electrons. The average Bonchev–Trinajstić information content (AvgIpc) is 3.38. The van der Waals surface area contributed by atoms with Crippen LogP contribution >= 0.6 is 0 Å². The van der Waals surface area contributed by atoms with E-state index in [4.69, 9.17) is 24.7 Å². The molecule has 0 radical (unpaired) electrons. The van der Waals surface area contributed by atoms with E-state index in [-0.39, 0.29) is 42.3 Å². The van der Waals surface area contributed by atoms with Crippen LogP contribution in [0.2, 0.25) is 0 Å². The van der Waals surface area contributed by atoms with Crippen LogP contribution in [0.1, 0.15) is 73.4 Å². The summed E-state index contributed by atoms with van der Waals surface area (Å²) in [6.45, 7) is 1.74. The largest absolute Gasteiger partial charge is 0.508 e. The maximum Gasteiger partial charge on any atom is 0.255 e. The van der Waals surface area contributed by atoms with Gasteiger partial charge in [-0.3, -0.25) is 14.4 Å². The SMILES string of the molecule is COc1cc(C(=O)Nc2ccc(C(=O)NCc3ccc4ccccc4c3)cc2OCc2ccccc2)ccc1NC(=O)c1ccc(NCOCC2CCC(N)CC2)c(OCCc2ccc(O)cc2)c1. The topological polar surface area (TPSA) is 182 Å². The molecule has 1 aliphatic carbocycles. The lowest BCUT2D eigenvalue weighted by molar-refractivity contribution is 0.0948. The number of hydrogen-bond donors (Lipinski definition) is 6. The molecule has 3 amide bonds. The van der Waals surface area contributed by atoms with Crippen LogP contribution in [-0.2, 0) is 24.3 Å². The van der Waals surface area contributed by atoms with E-state index in [9.17, 15) is 19.5 Å². The number of anilines is 3. The lowest BCUT2D eigenvalue weighted by Crippen LogP contribution is -2.28. The predicted octanol–water partition coefficient (Wildman–Crippen LogP) is 10.1. The summed E-state index contributed by atoms with van der Waals surface area (Å²) in [5.41, 5.74) is 11.3. The Morgan fingerprint density at radius 3 is 1.88 bits per heavy atom. The Balaban J connectivity index is 0.934. The zero-order valence-electron chi connectivity index (χ0n) is 38.5. The van der Waals surface area contributed by atoms with E-state index in [0.29, 0.717) is 71.8 Å². The fourth-order valence-electron chi connectivity index (χ4n) is 8.16. The van der Waals surface area contributed by atoms with Crippen molar-refractivity contribution in [2.75, 3.05) is 43.0 Å². The molecule has 13 nitrogen and oxygen atoms in total. The highest BCUT2D eigenvalue weighted by Crippen LogP contribution is 2.32. The minimum Gasteiger partial charge on any atom is -0.508 e. The van der Waals surface area contributed by atoms with E-state index in [1.165, 1.54) is 13.2 Å². The van der Waals surface area contributed by atoms with Gasteiger partial charge in [-0.05, 0) is 132 Å². The van der Waals surface area contributed by atoms with Crippen LogP contribution in [-0.4, -0.2) is 55.9 Å². The van der Waals surface area contributed by atoms with E-state index >= 15 is 0 Å². The number of hydrogen-bond acceptors (Lipinski definition) is 10. The summed E-state index contributed by atoms with van der Waals surface area (Å²) in [7, 11) is 1.46. The van der Waals surface area contributed by atoms with Crippen molar-refractivity contribution < 1.29 is 38.4 Å². The third-order valence-corrected chi connectivity index (χ3v) is 12.1. The molecular formula is C56H57N5O8. The summed E-state index contributed by atoms with van der Waals surface area (Å²) in [6, 6.07) is 45.7. The molecule has 1 saturated carbocycles. The number of phenols is 1. The molecule has 7 aromatic carbocycles. The smallest absolute Gasteiger partial charge is 0.255 e. The molecule has 0 spiro atoms. The fraction of sp³-hybridized carbons (Fsp3) is 0.232. The molecule has 1 aliphatic rings. The highest BCUT2D eigenvalue weighted by Gasteiger charge is 2.20. The van der Waals surface area contributed by atoms with E-state index < -0.39 is 11.8 Å². The third-order valence-electron chi connectivity index (χ3n) is 12.1. The maximum atomic E-state index is 13.8. The van der Waals surface area contributed by atoms with E-state index in [0.717, 1.165) is 53.1 Å². The number of ether oxygens (including phenoxy) is 4. The summed E-state index contributed by atoms with van der Waals surface area (Å²) >= 11 is 0. The van der Waals surface area contributed by atoms with Gasteiger partial charge in [0.2, 0.25) is 0 Å². The molecule has 0 aromatic heterocycles. The summed E-state index contributed by atoms with van der Waals surface area (Å²) < 4.78 is 24.1. The normalized spacial score (nSPS) is 14.3. The van der Waals surface area contributed by atoms with Crippen molar-refractivity contribution in [3.63, 3.8) is 0 Å². The number of benzene rings is 7. The second-order valence-corrected chi connectivity index (χ2v) is 17.1. The predicted molar refractivity (Wildman–Crippen MR) is 269 cm³/mol. The Morgan fingerprint density at radius 2 is 1.19 bits per heavy atom. The lowest BCUT2D eigenvalue weighted by atomic mass is 9.87. The van der Waals surface area contributed by atoms with Gasteiger partial charge in [0.1, 0.15) is 36.3 Å². The Bertz CT molecular complexity index is 2870. The third kappa shape index (κ3) is 13.2. The van der Waals surface area contributed by atoms with Crippen LogP contribution in [0, 0.1) is 5.92 Å². The number of methoxy groups -OCH3 is 1. The van der Waals surface area contributed by atoms with Crippen LogP contribution in [0.25, 0.3) is 10.8 Å². The van der Waals surface area contributed by atoms with Crippen molar-refractivity contribution in [3.8, 4) is 23.0 Å². The number of phenolic OH excluding ortho intramolecular Hbond substituents is 1. The standard InChI is InChI=1S/C56H57N5O8/c1-66-51-30-44(55(64)61-50-26-18-43(31-53(50)69-35-38-7-3-2-4-8-38)54(63)58-33-40-11-16-41-9-5-6-10-42(41)29-40)19-25-49(51)60-56(65)45-17-24-48(59-36-67-34-39-12-20-46(57)21-13-39)52(32-45)68-28-27-37-14-22-47(62)23-15-37/h2-11,14-19,22-26,29-32,39,46,59,62H,12-13,20-21,27-28,33-36,57H2,1H3,(H,58,63)(H,60,65)(H,61,64). The molecule has 0 saturated heterocycles. The minimum absolute atomic E-state index is 0.188. The first-order valence-electron chi connectivity index (χ1n) is 23.2. The molecule has 69 heavy (non-hydrogen) atoms. The number of rotatable bonds is 20. The van der Waals surface area contributed by atoms with Gasteiger partial charge in [-0.1, -0.05) is 78.9 Å². The molecule has 0 bridgehead atoms. The first kappa shape index (κ1) is 47.6. The van der Waals surface area contributed by atoms with Gasteiger partial charge >= 0.3 is 0 Å². The Labute approximate surface area is 402 Å². The minimum atomic E-state index is -0.464. The number of nitrogens with one attached hydrogen (secondary N) is 4. The van der Waals surface area contributed by atoms with Crippen LogP contribution < -0.4 is 41.2 Å². The molecule has 0 aliphatic heterocycles. The summed E-state index contributed by atoms with van der Waals surface area (Å²) in [4.78, 5) is 41.1. The molecule has 7 N–H and O–H groups in total. The molecule has 0 unspecified atom stereocenters. The summed E-state index contributed by atoms with van der Waals surface area (Å²) in [6.07, 6.45) is 4.69. The van der Waals surface area contributed by atoms with Gasteiger partial charge in [0.05, 0.1) is 37.4 Å². The number of aromatic hydroxyl groups is 1. The van der Waals surface area contributed by atoms with Crippen molar-refractivity contribution >= 4 is 45.6 Å². The second-order valence-electron chi connectivity index (χ2n) is 17.1. The Hall–Kier alpha value is -7.87. The van der Waals surface area contributed by atoms with Crippen molar-refractivity contribution in [3.05, 3.63) is 185 Å². The zero-order chi connectivity index (χ0) is 48.0. The molecule has 7 aromatic rings. The number of amides is 3. The van der Waals surface area contributed by atoms with E-state index in [1.54, 1.807) is 60.7 Å². The van der Waals surface area contributed by atoms with Gasteiger partial charge in [-0.25, -0.2) is 0 Å². The molecule has 1 fully saturated rings. The Kier molecular flexibility index (Phi) is 16.0. The second kappa shape index (κ2) is 23.2. The van der Waals surface area contributed by atoms with E-state index in [1.807, 2.05) is 78.9 Å². The van der Waals surface area contributed by atoms with Crippen molar-refractivity contribution in [1.29, 1.82) is 0 Å². The van der Waals surface area contributed by atoms with Crippen LogP contribution in [0.3, 0.4) is 0 Å². The lowest BCUT2D eigenvalue weighted by Gasteiger charge is -2.25. The maximum absolute atomic E-state index is 13.8. The number of carbonyl (C=O) groups is 3. The monoisotopic (exact) mass is 927 g/mol. The van der Waals surface area contributed by atoms with Crippen molar-refractivity contribution in [2.45, 2.75) is 51.3 Å². The average molecular weight is 928 g/mol. The van der Waals surface area contributed by atoms with Gasteiger partial charge in [0, 0.05) is 35.7 Å². The van der Waals surface area contributed by atoms with Gasteiger partial charge in [-0.2, -0.15) is 0 Å². The van der Waals surface area contributed by atoms with E-state index in [2.05, 4.69) is 27.3 Å². The van der Waals surface area contributed by atoms with Crippen LogP contribution in [0.15, 0.2) is 152 Å². The van der Waals surface area contributed by atoms with Gasteiger partial charge in [-0.15, -0.1) is 0 Å². The molecule has 8 rings (SSSR count). The Morgan fingerprint density at radius 1 is 0.594 bits per heavy atom. The first-order chi connectivity index (χ1) is 33.7. The van der Waals surface area contributed by atoms with Gasteiger partial charge in [0.25, 0.3) is 17.7 Å². The number of fused-ring (bicyclic) bond motifs is 1. The van der Waals surface area contributed by atoms with Crippen LogP contribution in [0.5, 0.6) is 23.0 Å². The number of carbonyl (C=O) groups excluding carboxylic acids is 3. The van der Waals surface area contributed by atoms with Crippen LogP contribution in [0.4, 0.5) is 17.1 Å². The molecule has 13 heteroatoms. The summed E-state index contributed by atoms with van der Waals surface area (Å²) in [5, 5.41) is 24.1.